The van der Waals surface area contributed by atoms with Crippen molar-refractivity contribution in [3.8, 4) is 5.69 Å². The number of carboxylic acid groups (broad SMARTS) is 1. The van der Waals surface area contributed by atoms with Gasteiger partial charge in [-0.1, -0.05) is 51.3 Å². The monoisotopic (exact) mass is 446 g/mol. The summed E-state index contributed by atoms with van der Waals surface area (Å²) in [5.74, 6) is -0.544. The molecule has 3 aromatic rings. The van der Waals surface area contributed by atoms with Crippen LogP contribution < -0.4 is 0 Å². The normalized spacial score (nSPS) is 19.6. The first kappa shape index (κ1) is 21.9. The molecule has 1 N–H and O–H groups in total. The number of aryl methyl sites for hydroxylation is 1. The number of nitrogens with zero attached hydrogens (tertiary/aromatic N) is 4. The van der Waals surface area contributed by atoms with Crippen LogP contribution in [0.5, 0.6) is 0 Å². The van der Waals surface area contributed by atoms with Gasteiger partial charge in [0, 0.05) is 17.0 Å². The van der Waals surface area contributed by atoms with E-state index in [2.05, 4.69) is 34.9 Å². The van der Waals surface area contributed by atoms with Gasteiger partial charge < -0.3 is 5.11 Å². The van der Waals surface area contributed by atoms with Crippen LogP contribution in [0.3, 0.4) is 0 Å². The third kappa shape index (κ3) is 4.35. The third-order valence-corrected chi connectivity index (χ3v) is 7.45. The zero-order chi connectivity index (χ0) is 23.0. The maximum Gasteiger partial charge on any atom is 0.339 e. The van der Waals surface area contributed by atoms with Gasteiger partial charge in [0.05, 0.1) is 29.8 Å². The molecule has 0 saturated heterocycles. The quantitative estimate of drug-likeness (QED) is 0.529. The van der Waals surface area contributed by atoms with Crippen LogP contribution in [0.25, 0.3) is 5.69 Å². The first-order valence-corrected chi connectivity index (χ1v) is 12.4. The highest BCUT2D eigenvalue weighted by Crippen LogP contribution is 2.43. The lowest BCUT2D eigenvalue weighted by Gasteiger charge is -2.28. The van der Waals surface area contributed by atoms with E-state index in [4.69, 9.17) is 5.11 Å². The van der Waals surface area contributed by atoms with Gasteiger partial charge in [-0.2, -0.15) is 10.2 Å². The molecule has 3 aliphatic carbocycles. The molecule has 2 fully saturated rings. The van der Waals surface area contributed by atoms with Gasteiger partial charge in [0.25, 0.3) is 0 Å². The minimum absolute atomic E-state index is 0.330. The summed E-state index contributed by atoms with van der Waals surface area (Å²) >= 11 is 0. The number of hydrogen-bond acceptors (Lipinski definition) is 3. The van der Waals surface area contributed by atoms with Gasteiger partial charge in [0.1, 0.15) is 5.56 Å². The Morgan fingerprint density at radius 2 is 1.73 bits per heavy atom. The van der Waals surface area contributed by atoms with E-state index in [0.29, 0.717) is 22.9 Å². The van der Waals surface area contributed by atoms with E-state index in [0.717, 1.165) is 24.2 Å². The highest BCUT2D eigenvalue weighted by atomic mass is 16.4. The average molecular weight is 447 g/mol. The van der Waals surface area contributed by atoms with E-state index < -0.39 is 5.97 Å². The summed E-state index contributed by atoms with van der Waals surface area (Å²) in [5.41, 5.74) is 5.49. The van der Waals surface area contributed by atoms with Crippen LogP contribution in [0.15, 0.2) is 42.7 Å². The third-order valence-electron chi connectivity index (χ3n) is 7.45. The molecule has 0 unspecified atom stereocenters. The second kappa shape index (κ2) is 8.81. The van der Waals surface area contributed by atoms with Crippen LogP contribution >= 0.6 is 0 Å². The number of carbonyl (C=O) groups is 1. The molecule has 0 radical (unpaired) electrons. The standard InChI is InChI=1S/C14H22N2.C13H12N2O2/c1-14(2)9-8-11-10-15-16(13(11)14)12-6-4-3-5-7-12;16-13(17)11-8-14-15(12(11)9-6-7-9)10-4-2-1-3-5-10/h10,12H,3-9H2,1-2H3;1-5,8-9H,6-7H2,(H,16,17). The first-order valence-electron chi connectivity index (χ1n) is 12.4. The van der Waals surface area contributed by atoms with Gasteiger partial charge in [-0.25, -0.2) is 9.48 Å². The van der Waals surface area contributed by atoms with Crippen molar-refractivity contribution in [2.75, 3.05) is 0 Å². The SMILES string of the molecule is CC1(C)CCc2cnn(C3CCCCC3)c21.O=C(O)c1cnn(-c2ccccc2)c1C1CC1. The van der Waals surface area contributed by atoms with Crippen LogP contribution in [-0.4, -0.2) is 30.6 Å². The number of aromatic carboxylic acids is 1. The Bertz CT molecular complexity index is 1120. The molecule has 174 valence electrons. The molecule has 0 atom stereocenters. The van der Waals surface area contributed by atoms with Crippen molar-refractivity contribution >= 4 is 5.97 Å². The fourth-order valence-corrected chi connectivity index (χ4v) is 5.54. The molecule has 3 aliphatic rings. The van der Waals surface area contributed by atoms with Gasteiger partial charge in [-0.05, 0) is 56.2 Å². The Kier molecular flexibility index (Phi) is 5.85. The van der Waals surface area contributed by atoms with E-state index in [-0.39, 0.29) is 0 Å². The lowest BCUT2D eigenvalue weighted by molar-refractivity contribution is 0.0695. The van der Waals surface area contributed by atoms with Crippen LogP contribution in [0.1, 0.15) is 104 Å². The molecule has 0 spiro atoms. The predicted molar refractivity (Wildman–Crippen MR) is 128 cm³/mol. The van der Waals surface area contributed by atoms with E-state index >= 15 is 0 Å². The summed E-state index contributed by atoms with van der Waals surface area (Å²) in [7, 11) is 0. The molecule has 0 amide bonds. The van der Waals surface area contributed by atoms with Crippen LogP contribution in [0.4, 0.5) is 0 Å². The smallest absolute Gasteiger partial charge is 0.339 e. The van der Waals surface area contributed by atoms with E-state index in [1.165, 1.54) is 56.7 Å². The van der Waals surface area contributed by atoms with Gasteiger partial charge in [-0.15, -0.1) is 0 Å². The van der Waals surface area contributed by atoms with Crippen molar-refractivity contribution in [3.63, 3.8) is 0 Å². The highest BCUT2D eigenvalue weighted by molar-refractivity contribution is 5.89. The van der Waals surface area contributed by atoms with E-state index in [1.807, 2.05) is 30.3 Å². The minimum atomic E-state index is -0.894. The minimum Gasteiger partial charge on any atom is -0.478 e. The summed E-state index contributed by atoms with van der Waals surface area (Å²) in [6.45, 7) is 4.75. The topological polar surface area (TPSA) is 72.9 Å². The van der Waals surface area contributed by atoms with Gasteiger partial charge in [0.2, 0.25) is 0 Å². The van der Waals surface area contributed by atoms with Crippen molar-refractivity contribution in [2.45, 2.75) is 89.0 Å². The largest absolute Gasteiger partial charge is 0.478 e. The average Bonchev–Trinajstić information content (AvgIpc) is 3.28. The van der Waals surface area contributed by atoms with Crippen molar-refractivity contribution in [1.82, 2.24) is 19.6 Å². The van der Waals surface area contributed by atoms with Crippen LogP contribution in [0.2, 0.25) is 0 Å². The van der Waals surface area contributed by atoms with Crippen molar-refractivity contribution < 1.29 is 9.90 Å². The molecule has 2 aromatic heterocycles. The zero-order valence-electron chi connectivity index (χ0n) is 19.7. The number of aromatic nitrogens is 4. The summed E-state index contributed by atoms with van der Waals surface area (Å²) < 4.78 is 4.13. The number of hydrogen-bond donors (Lipinski definition) is 1. The maximum absolute atomic E-state index is 11.1. The molecule has 6 nitrogen and oxygen atoms in total. The van der Waals surface area contributed by atoms with Gasteiger partial charge >= 0.3 is 5.97 Å². The lowest BCUT2D eigenvalue weighted by Crippen LogP contribution is -2.23. The van der Waals surface area contributed by atoms with Crippen LogP contribution in [0, 0.1) is 0 Å². The first-order chi connectivity index (χ1) is 16.0. The summed E-state index contributed by atoms with van der Waals surface area (Å²) in [4.78, 5) is 11.1. The summed E-state index contributed by atoms with van der Waals surface area (Å²) in [6.07, 6.45) is 15.1. The Labute approximate surface area is 195 Å². The highest BCUT2D eigenvalue weighted by Gasteiger charge is 2.36. The summed E-state index contributed by atoms with van der Waals surface area (Å²) in [5, 5.41) is 18.0. The molecular formula is C27H34N4O2. The Morgan fingerprint density at radius 3 is 2.39 bits per heavy atom. The fraction of sp³-hybridized carbons (Fsp3) is 0.519. The van der Waals surface area contributed by atoms with E-state index in [1.54, 1.807) is 10.4 Å². The molecule has 0 aliphatic heterocycles. The number of fused-ring (bicyclic) bond motifs is 1. The maximum atomic E-state index is 11.1. The predicted octanol–water partition coefficient (Wildman–Crippen LogP) is 6.06. The Hall–Kier alpha value is -2.89. The number of para-hydroxylation sites is 1. The Balaban J connectivity index is 0.000000139. The molecule has 33 heavy (non-hydrogen) atoms. The zero-order valence-corrected chi connectivity index (χ0v) is 19.7. The molecule has 0 bridgehead atoms. The van der Waals surface area contributed by atoms with Gasteiger partial charge in [-0.3, -0.25) is 4.68 Å². The molecule has 6 rings (SSSR count). The number of benzene rings is 1. The number of carboxylic acids is 1. The second-order valence-corrected chi connectivity index (χ2v) is 10.4. The van der Waals surface area contributed by atoms with Gasteiger partial charge in [0.15, 0.2) is 0 Å². The van der Waals surface area contributed by atoms with E-state index in [9.17, 15) is 4.79 Å². The van der Waals surface area contributed by atoms with Crippen molar-refractivity contribution in [2.24, 2.45) is 0 Å². The fourth-order valence-electron chi connectivity index (χ4n) is 5.54. The molecule has 6 heteroatoms. The van der Waals surface area contributed by atoms with Crippen LogP contribution in [-0.2, 0) is 11.8 Å². The number of rotatable bonds is 4. The molecular weight excluding hydrogens is 412 g/mol. The summed E-state index contributed by atoms with van der Waals surface area (Å²) in [6, 6.07) is 10.3. The Morgan fingerprint density at radius 1 is 1.00 bits per heavy atom. The lowest BCUT2D eigenvalue weighted by atomic mass is 9.89. The van der Waals surface area contributed by atoms with Crippen molar-refractivity contribution in [3.05, 3.63) is 65.2 Å². The molecule has 2 heterocycles. The molecule has 1 aromatic carbocycles. The van der Waals surface area contributed by atoms with Crippen molar-refractivity contribution in [1.29, 1.82) is 0 Å². The molecule has 2 saturated carbocycles. The second-order valence-electron chi connectivity index (χ2n) is 10.4.